The number of aromatic nitrogens is 1. The van der Waals surface area contributed by atoms with Gasteiger partial charge < -0.3 is 24.6 Å². The molecular weight excluding hydrogens is 541 g/mol. The summed E-state index contributed by atoms with van der Waals surface area (Å²) in [6, 6.07) is 11.9. The number of benzene rings is 2. The van der Waals surface area contributed by atoms with Crippen molar-refractivity contribution in [2.75, 3.05) is 29.9 Å². The molecule has 1 aromatic heterocycles. The Morgan fingerprint density at radius 3 is 2.41 bits per heavy atom. The fraction of sp³-hybridized carbons (Fsp3) is 0.379. The minimum atomic E-state index is -4.88. The van der Waals surface area contributed by atoms with Gasteiger partial charge in [-0.1, -0.05) is 37.3 Å². The van der Waals surface area contributed by atoms with Crippen molar-refractivity contribution in [3.05, 3.63) is 65.5 Å². The van der Waals surface area contributed by atoms with E-state index in [2.05, 4.69) is 10.3 Å². The van der Waals surface area contributed by atoms with E-state index in [1.807, 2.05) is 6.92 Å². The Kier molecular flexibility index (Phi) is 7.74. The highest BCUT2D eigenvalue weighted by molar-refractivity contribution is 6.04. The van der Waals surface area contributed by atoms with Crippen LogP contribution in [-0.2, 0) is 11.0 Å². The highest BCUT2D eigenvalue weighted by atomic mass is 19.4. The van der Waals surface area contributed by atoms with Crippen molar-refractivity contribution in [1.82, 2.24) is 9.88 Å². The molecule has 0 aliphatic carbocycles. The molecule has 2 N–H and O–H groups in total. The maximum absolute atomic E-state index is 13.7. The molecule has 2 atom stereocenters. The molecule has 0 radical (unpaired) electrons. The van der Waals surface area contributed by atoms with Gasteiger partial charge in [-0.05, 0) is 60.9 Å². The molecule has 0 saturated carbocycles. The van der Waals surface area contributed by atoms with E-state index in [1.165, 1.54) is 17.0 Å². The van der Waals surface area contributed by atoms with Crippen LogP contribution < -0.4 is 10.2 Å². The number of hydrogen-bond acceptors (Lipinski definition) is 6. The maximum atomic E-state index is 13.7. The standard InChI is InChI=1S/C29H29F3N4O5/c1-17-6-4-14-35(16-17)28-34-24(29(30,31)32)23(41-28)25(37)33-19-12-10-18(11-13-19)20-7-2-3-8-21(20)26(38)36-15-5-9-22(36)27(39)40/h2-3,7-8,10-13,17,22H,4-6,9,14-16H2,1H3,(H,33,37)(H,39,40)/t17?,22-/m0/s1. The molecule has 2 saturated heterocycles. The molecule has 5 rings (SSSR count). The molecule has 0 spiro atoms. The number of likely N-dealkylation sites (tertiary alicyclic amines) is 1. The van der Waals surface area contributed by atoms with Gasteiger partial charge >= 0.3 is 12.1 Å². The van der Waals surface area contributed by atoms with Crippen LogP contribution in [0.1, 0.15) is 59.2 Å². The molecular formula is C29H29F3N4O5. The Bertz CT molecular complexity index is 1450. The Balaban J connectivity index is 1.36. The number of anilines is 2. The van der Waals surface area contributed by atoms with Crippen LogP contribution in [0, 0.1) is 5.92 Å². The average Bonchev–Trinajstić information content (AvgIpc) is 3.62. The topological polar surface area (TPSA) is 116 Å². The van der Waals surface area contributed by atoms with Crippen LogP contribution in [0.15, 0.2) is 52.9 Å². The summed E-state index contributed by atoms with van der Waals surface area (Å²) in [6.07, 6.45) is -2.17. The van der Waals surface area contributed by atoms with Crippen LogP contribution in [0.25, 0.3) is 11.1 Å². The lowest BCUT2D eigenvalue weighted by atomic mass is 9.98. The minimum absolute atomic E-state index is 0.214. The average molecular weight is 571 g/mol. The third kappa shape index (κ3) is 5.91. The summed E-state index contributed by atoms with van der Waals surface area (Å²) in [7, 11) is 0. The summed E-state index contributed by atoms with van der Waals surface area (Å²) in [5, 5.41) is 11.9. The Morgan fingerprint density at radius 2 is 1.73 bits per heavy atom. The summed E-state index contributed by atoms with van der Waals surface area (Å²) in [4.78, 5) is 44.4. The van der Waals surface area contributed by atoms with Crippen molar-refractivity contribution in [1.29, 1.82) is 0 Å². The summed E-state index contributed by atoms with van der Waals surface area (Å²) in [5.74, 6) is -3.18. The molecule has 2 aliphatic heterocycles. The van der Waals surface area contributed by atoms with Gasteiger partial charge in [0.15, 0.2) is 5.69 Å². The van der Waals surface area contributed by atoms with E-state index in [0.29, 0.717) is 49.2 Å². The molecule has 3 aromatic rings. The van der Waals surface area contributed by atoms with Gasteiger partial charge in [0.25, 0.3) is 17.8 Å². The van der Waals surface area contributed by atoms with Gasteiger partial charge in [0, 0.05) is 30.9 Å². The van der Waals surface area contributed by atoms with Crippen LogP contribution in [-0.4, -0.2) is 58.5 Å². The van der Waals surface area contributed by atoms with E-state index in [1.54, 1.807) is 41.3 Å². The zero-order valence-electron chi connectivity index (χ0n) is 22.3. The van der Waals surface area contributed by atoms with Crippen molar-refractivity contribution in [3.8, 4) is 11.1 Å². The number of halogens is 3. The Labute approximate surface area is 234 Å². The first-order chi connectivity index (χ1) is 19.5. The number of carboxylic acids is 1. The molecule has 2 amide bonds. The number of rotatable bonds is 6. The quantitative estimate of drug-likeness (QED) is 0.400. The van der Waals surface area contributed by atoms with Gasteiger partial charge in [-0.15, -0.1) is 0 Å². The van der Waals surface area contributed by atoms with E-state index in [-0.39, 0.29) is 17.6 Å². The zero-order chi connectivity index (χ0) is 29.3. The SMILES string of the molecule is CC1CCCN(c2nc(C(F)(F)F)c(C(=O)Nc3ccc(-c4ccccc4C(=O)N4CCC[C@H]4C(=O)O)cc3)o2)C1. The van der Waals surface area contributed by atoms with E-state index in [4.69, 9.17) is 4.42 Å². The van der Waals surface area contributed by atoms with Crippen LogP contribution in [0.5, 0.6) is 0 Å². The number of alkyl halides is 3. The number of carboxylic acid groups (broad SMARTS) is 1. The van der Waals surface area contributed by atoms with Crippen LogP contribution >= 0.6 is 0 Å². The molecule has 1 unspecified atom stereocenters. The Morgan fingerprint density at radius 1 is 1.02 bits per heavy atom. The van der Waals surface area contributed by atoms with Gasteiger partial charge in [-0.25, -0.2) is 4.79 Å². The molecule has 3 heterocycles. The first-order valence-electron chi connectivity index (χ1n) is 13.4. The fourth-order valence-electron chi connectivity index (χ4n) is 5.42. The number of carbonyl (C=O) groups excluding carboxylic acids is 2. The molecule has 9 nitrogen and oxygen atoms in total. The summed E-state index contributed by atoms with van der Waals surface area (Å²) < 4.78 is 46.6. The van der Waals surface area contributed by atoms with Crippen molar-refractivity contribution < 1.29 is 37.1 Å². The van der Waals surface area contributed by atoms with Crippen LogP contribution in [0.3, 0.4) is 0 Å². The molecule has 2 fully saturated rings. The number of hydrogen-bond donors (Lipinski definition) is 2. The first kappa shape index (κ1) is 28.2. The molecule has 12 heteroatoms. The third-order valence-corrected chi connectivity index (χ3v) is 7.43. The van der Waals surface area contributed by atoms with Gasteiger partial charge in [-0.2, -0.15) is 18.2 Å². The van der Waals surface area contributed by atoms with Crippen molar-refractivity contribution in [2.45, 2.75) is 44.8 Å². The lowest BCUT2D eigenvalue weighted by Gasteiger charge is -2.29. The second kappa shape index (κ2) is 11.3. The molecule has 2 aliphatic rings. The maximum Gasteiger partial charge on any atom is 0.437 e. The van der Waals surface area contributed by atoms with E-state index in [0.717, 1.165) is 12.8 Å². The van der Waals surface area contributed by atoms with Crippen LogP contribution in [0.4, 0.5) is 24.9 Å². The smallest absolute Gasteiger partial charge is 0.437 e. The molecule has 2 aromatic carbocycles. The van der Waals surface area contributed by atoms with E-state index in [9.17, 15) is 32.7 Å². The predicted molar refractivity (Wildman–Crippen MR) is 144 cm³/mol. The first-order valence-corrected chi connectivity index (χ1v) is 13.4. The van der Waals surface area contributed by atoms with Crippen molar-refractivity contribution in [2.24, 2.45) is 5.92 Å². The second-order valence-electron chi connectivity index (χ2n) is 10.4. The van der Waals surface area contributed by atoms with Gasteiger partial charge in [0.1, 0.15) is 6.04 Å². The number of amides is 2. The van der Waals surface area contributed by atoms with Gasteiger partial charge in [0.05, 0.1) is 0 Å². The highest BCUT2D eigenvalue weighted by Crippen LogP contribution is 2.36. The monoisotopic (exact) mass is 570 g/mol. The molecule has 41 heavy (non-hydrogen) atoms. The Hall–Kier alpha value is -4.35. The second-order valence-corrected chi connectivity index (χ2v) is 10.4. The van der Waals surface area contributed by atoms with E-state index >= 15 is 0 Å². The van der Waals surface area contributed by atoms with Gasteiger partial charge in [0.2, 0.25) is 5.76 Å². The van der Waals surface area contributed by atoms with E-state index < -0.39 is 41.5 Å². The number of oxazole rings is 1. The number of nitrogens with zero attached hydrogens (tertiary/aromatic N) is 3. The number of carbonyl (C=O) groups is 3. The lowest BCUT2D eigenvalue weighted by Crippen LogP contribution is -2.40. The van der Waals surface area contributed by atoms with Crippen molar-refractivity contribution in [3.63, 3.8) is 0 Å². The summed E-state index contributed by atoms with van der Waals surface area (Å²) in [5.41, 5.74) is 0.324. The summed E-state index contributed by atoms with van der Waals surface area (Å²) >= 11 is 0. The number of aliphatic carboxylic acids is 1. The highest BCUT2D eigenvalue weighted by Gasteiger charge is 2.42. The van der Waals surface area contributed by atoms with Crippen molar-refractivity contribution >= 4 is 29.5 Å². The van der Waals surface area contributed by atoms with Crippen LogP contribution in [0.2, 0.25) is 0 Å². The zero-order valence-corrected chi connectivity index (χ0v) is 22.3. The normalized spacial score (nSPS) is 19.3. The minimum Gasteiger partial charge on any atom is -0.480 e. The number of nitrogens with one attached hydrogen (secondary N) is 1. The predicted octanol–water partition coefficient (Wildman–Crippen LogP) is 5.54. The lowest BCUT2D eigenvalue weighted by molar-refractivity contribution is -0.142. The molecule has 216 valence electrons. The fourth-order valence-corrected chi connectivity index (χ4v) is 5.42. The largest absolute Gasteiger partial charge is 0.480 e. The van der Waals surface area contributed by atoms with Gasteiger partial charge in [-0.3, -0.25) is 9.59 Å². The third-order valence-electron chi connectivity index (χ3n) is 7.43. The molecule has 0 bridgehead atoms. The summed E-state index contributed by atoms with van der Waals surface area (Å²) in [6.45, 7) is 3.31. The number of piperidine rings is 1.